The minimum atomic E-state index is -0.486. The minimum absolute atomic E-state index is 0.0901. The quantitative estimate of drug-likeness (QED) is 0.412. The van der Waals surface area contributed by atoms with Gasteiger partial charge in [0, 0.05) is 26.7 Å². The Balaban J connectivity index is 2.74. The van der Waals surface area contributed by atoms with Crippen molar-refractivity contribution in [2.75, 3.05) is 20.7 Å². The fourth-order valence-electron chi connectivity index (χ4n) is 3.53. The second kappa shape index (κ2) is 10.7. The van der Waals surface area contributed by atoms with Gasteiger partial charge < -0.3 is 9.75 Å². The fraction of sp³-hybridized carbons (Fsp3) is 0.857. The predicted octanol–water partition coefficient (Wildman–Crippen LogP) is 4.54. The number of ether oxygens (including phenoxy) is 1. The van der Waals surface area contributed by atoms with Crippen molar-refractivity contribution in [3.8, 4) is 0 Å². The highest BCUT2D eigenvalue weighted by Crippen LogP contribution is 2.32. The van der Waals surface area contributed by atoms with Crippen LogP contribution in [-0.4, -0.2) is 54.9 Å². The molecule has 1 saturated heterocycles. The first-order valence-electron chi connectivity index (χ1n) is 10.2. The molecule has 27 heavy (non-hydrogen) atoms. The van der Waals surface area contributed by atoms with Gasteiger partial charge in [0.05, 0.1) is 6.04 Å². The second-order valence-corrected chi connectivity index (χ2v) is 9.16. The number of hydrogen-bond acceptors (Lipinski definition) is 5. The van der Waals surface area contributed by atoms with Gasteiger partial charge in [-0.15, -0.1) is 0 Å². The van der Waals surface area contributed by atoms with Crippen LogP contribution in [0.15, 0.2) is 5.10 Å². The number of hydrogen-bond donors (Lipinski definition) is 0. The molecule has 2 amide bonds. The van der Waals surface area contributed by atoms with Gasteiger partial charge in [0.1, 0.15) is 6.61 Å². The SMILES string of the molecule is CCCC[C@@H](CC(=O)N1C(=O)OC[C@@H]1C(C)(C)C)C[C@H](C)C/C=N/N(C)C. The molecule has 0 aliphatic carbocycles. The summed E-state index contributed by atoms with van der Waals surface area (Å²) in [5.41, 5.74) is -0.184. The maximum Gasteiger partial charge on any atom is 0.416 e. The first-order valence-corrected chi connectivity index (χ1v) is 10.2. The lowest BCUT2D eigenvalue weighted by Gasteiger charge is -2.32. The minimum Gasteiger partial charge on any atom is -0.447 e. The standard InChI is InChI=1S/C21H39N3O3/c1-8-9-10-17(13-16(2)11-12-22-23(6)7)14-19(25)24-18(21(3,4)5)15-27-20(24)26/h12,16-18H,8-11,13-15H2,1-7H3/b22-12+/t16-,17-,18-/m1/s1. The zero-order valence-corrected chi connectivity index (χ0v) is 18.3. The molecule has 0 aromatic carbocycles. The molecule has 0 aromatic rings. The Hall–Kier alpha value is -1.59. The second-order valence-electron chi connectivity index (χ2n) is 9.16. The molecular formula is C21H39N3O3. The number of imide groups is 1. The molecule has 0 spiro atoms. The van der Waals surface area contributed by atoms with Gasteiger partial charge in [-0.05, 0) is 36.5 Å². The van der Waals surface area contributed by atoms with Crippen LogP contribution >= 0.6 is 0 Å². The smallest absolute Gasteiger partial charge is 0.416 e. The Kier molecular flexibility index (Phi) is 9.27. The molecule has 1 aliphatic rings. The summed E-state index contributed by atoms with van der Waals surface area (Å²) in [6, 6.07) is -0.186. The van der Waals surface area contributed by atoms with E-state index in [4.69, 9.17) is 4.74 Å². The average Bonchev–Trinajstić information content (AvgIpc) is 2.94. The molecule has 0 saturated carbocycles. The van der Waals surface area contributed by atoms with Crippen LogP contribution in [0.25, 0.3) is 0 Å². The molecule has 1 rings (SSSR count). The third kappa shape index (κ3) is 7.89. The lowest BCUT2D eigenvalue weighted by atomic mass is 9.85. The van der Waals surface area contributed by atoms with Crippen LogP contribution < -0.4 is 0 Å². The first-order chi connectivity index (χ1) is 12.6. The van der Waals surface area contributed by atoms with Crippen molar-refractivity contribution >= 4 is 18.2 Å². The van der Waals surface area contributed by atoms with Crippen molar-refractivity contribution in [2.45, 2.75) is 79.2 Å². The molecule has 6 nitrogen and oxygen atoms in total. The monoisotopic (exact) mass is 381 g/mol. The van der Waals surface area contributed by atoms with Crippen LogP contribution in [0.3, 0.4) is 0 Å². The Morgan fingerprint density at radius 2 is 2.07 bits per heavy atom. The van der Waals surface area contributed by atoms with Gasteiger partial charge in [0.25, 0.3) is 0 Å². The van der Waals surface area contributed by atoms with Gasteiger partial charge in [-0.3, -0.25) is 4.79 Å². The summed E-state index contributed by atoms with van der Waals surface area (Å²) in [6.45, 7) is 10.8. The largest absolute Gasteiger partial charge is 0.447 e. The molecule has 0 bridgehead atoms. The average molecular weight is 382 g/mol. The number of carbonyl (C=O) groups is 2. The maximum atomic E-state index is 13.0. The van der Waals surface area contributed by atoms with Crippen LogP contribution in [0, 0.1) is 17.3 Å². The zero-order chi connectivity index (χ0) is 20.6. The zero-order valence-electron chi connectivity index (χ0n) is 18.3. The highest BCUT2D eigenvalue weighted by atomic mass is 16.6. The van der Waals surface area contributed by atoms with E-state index in [1.54, 1.807) is 5.01 Å². The van der Waals surface area contributed by atoms with Gasteiger partial charge in [-0.2, -0.15) is 5.10 Å². The number of unbranched alkanes of at least 4 members (excludes halogenated alkanes) is 1. The van der Waals surface area contributed by atoms with E-state index < -0.39 is 6.09 Å². The lowest BCUT2D eigenvalue weighted by molar-refractivity contribution is -0.131. The number of carbonyl (C=O) groups excluding carboxylic acids is 2. The highest BCUT2D eigenvalue weighted by molar-refractivity contribution is 5.93. The van der Waals surface area contributed by atoms with E-state index in [0.29, 0.717) is 18.9 Å². The van der Waals surface area contributed by atoms with Crippen LogP contribution in [0.1, 0.15) is 73.1 Å². The van der Waals surface area contributed by atoms with Crippen LogP contribution in [-0.2, 0) is 9.53 Å². The molecule has 0 radical (unpaired) electrons. The Morgan fingerprint density at radius 1 is 1.41 bits per heavy atom. The molecule has 156 valence electrons. The third-order valence-corrected chi connectivity index (χ3v) is 5.13. The molecule has 6 heteroatoms. The van der Waals surface area contributed by atoms with Crippen molar-refractivity contribution in [1.82, 2.24) is 9.91 Å². The summed E-state index contributed by atoms with van der Waals surface area (Å²) >= 11 is 0. The Morgan fingerprint density at radius 3 is 2.63 bits per heavy atom. The number of nitrogens with zero attached hydrogens (tertiary/aromatic N) is 3. The van der Waals surface area contributed by atoms with E-state index in [0.717, 1.165) is 32.1 Å². The molecule has 1 fully saturated rings. The lowest BCUT2D eigenvalue weighted by Crippen LogP contribution is -2.46. The van der Waals surface area contributed by atoms with Crippen molar-refractivity contribution in [3.63, 3.8) is 0 Å². The van der Waals surface area contributed by atoms with Gasteiger partial charge in [0.15, 0.2) is 0 Å². The van der Waals surface area contributed by atoms with Gasteiger partial charge in [-0.25, -0.2) is 9.69 Å². The van der Waals surface area contributed by atoms with E-state index in [-0.39, 0.29) is 23.3 Å². The van der Waals surface area contributed by atoms with E-state index in [1.165, 1.54) is 4.90 Å². The van der Waals surface area contributed by atoms with Gasteiger partial charge >= 0.3 is 6.09 Å². The summed E-state index contributed by atoms with van der Waals surface area (Å²) in [5.74, 6) is 0.647. The molecule has 0 aromatic heterocycles. The van der Waals surface area contributed by atoms with E-state index in [2.05, 4.69) is 18.9 Å². The summed E-state index contributed by atoms with van der Waals surface area (Å²) in [6.07, 6.45) is 6.95. The summed E-state index contributed by atoms with van der Waals surface area (Å²) in [7, 11) is 3.81. The fourth-order valence-corrected chi connectivity index (χ4v) is 3.53. The van der Waals surface area contributed by atoms with Crippen molar-refractivity contribution < 1.29 is 14.3 Å². The molecule has 1 heterocycles. The molecule has 0 unspecified atom stereocenters. The number of hydrazone groups is 1. The van der Waals surface area contributed by atoms with Crippen LogP contribution in [0.5, 0.6) is 0 Å². The van der Waals surface area contributed by atoms with Crippen LogP contribution in [0.2, 0.25) is 0 Å². The predicted molar refractivity (Wildman–Crippen MR) is 110 cm³/mol. The number of cyclic esters (lactones) is 1. The molecular weight excluding hydrogens is 342 g/mol. The third-order valence-electron chi connectivity index (χ3n) is 5.13. The summed E-state index contributed by atoms with van der Waals surface area (Å²) < 4.78 is 5.19. The maximum absolute atomic E-state index is 13.0. The van der Waals surface area contributed by atoms with Gasteiger partial charge in [0.2, 0.25) is 5.91 Å². The summed E-state index contributed by atoms with van der Waals surface area (Å²) in [4.78, 5) is 26.5. The number of rotatable bonds is 10. The van der Waals surface area contributed by atoms with Crippen molar-refractivity contribution in [1.29, 1.82) is 0 Å². The first kappa shape index (κ1) is 23.4. The van der Waals surface area contributed by atoms with Gasteiger partial charge in [-0.1, -0.05) is 47.5 Å². The van der Waals surface area contributed by atoms with E-state index >= 15 is 0 Å². The Bertz CT molecular complexity index is 511. The topological polar surface area (TPSA) is 62.2 Å². The molecule has 3 atom stereocenters. The van der Waals surface area contributed by atoms with E-state index in [1.807, 2.05) is 41.1 Å². The van der Waals surface area contributed by atoms with Crippen LogP contribution in [0.4, 0.5) is 4.79 Å². The highest BCUT2D eigenvalue weighted by Gasteiger charge is 2.44. The summed E-state index contributed by atoms with van der Waals surface area (Å²) in [5, 5.41) is 6.06. The van der Waals surface area contributed by atoms with Crippen molar-refractivity contribution in [2.24, 2.45) is 22.4 Å². The molecule has 0 N–H and O–H groups in total. The molecule has 1 aliphatic heterocycles. The van der Waals surface area contributed by atoms with Crippen molar-refractivity contribution in [3.05, 3.63) is 0 Å². The van der Waals surface area contributed by atoms with E-state index in [9.17, 15) is 9.59 Å². The number of amides is 2. The normalized spacial score (nSPS) is 20.0. The Labute approximate surface area is 165 Å².